The molecule has 1 aromatic carbocycles. The van der Waals surface area contributed by atoms with E-state index in [1.165, 1.54) is 32.4 Å². The Bertz CT molecular complexity index is 538. The number of ether oxygens (including phenoxy) is 1. The highest BCUT2D eigenvalue weighted by atomic mass is 16.5. The molecule has 19 heavy (non-hydrogen) atoms. The van der Waals surface area contributed by atoms with Crippen LogP contribution in [0.1, 0.15) is 19.3 Å². The molecule has 2 heterocycles. The second-order valence-corrected chi connectivity index (χ2v) is 4.96. The molecule has 0 spiro atoms. The van der Waals surface area contributed by atoms with Crippen LogP contribution in [-0.2, 0) is 0 Å². The minimum absolute atomic E-state index is 0.482. The Hall–Kier alpha value is -1.68. The van der Waals surface area contributed by atoms with E-state index in [4.69, 9.17) is 4.74 Å². The molecule has 3 rings (SSSR count). The highest BCUT2D eigenvalue weighted by Crippen LogP contribution is 2.13. The molecule has 0 N–H and O–H groups in total. The molecular formula is C15H19N3O. The van der Waals surface area contributed by atoms with Crippen LogP contribution in [0.2, 0.25) is 0 Å². The van der Waals surface area contributed by atoms with Crippen molar-refractivity contribution in [3.8, 4) is 6.01 Å². The second kappa shape index (κ2) is 5.97. The maximum absolute atomic E-state index is 5.65. The van der Waals surface area contributed by atoms with E-state index < -0.39 is 0 Å². The third kappa shape index (κ3) is 3.20. The van der Waals surface area contributed by atoms with E-state index in [2.05, 4.69) is 14.9 Å². The summed E-state index contributed by atoms with van der Waals surface area (Å²) < 4.78 is 5.65. The zero-order valence-corrected chi connectivity index (χ0v) is 11.1. The third-order valence-corrected chi connectivity index (χ3v) is 3.55. The molecule has 0 atom stereocenters. The van der Waals surface area contributed by atoms with E-state index in [1.54, 1.807) is 0 Å². The number of hydrogen-bond acceptors (Lipinski definition) is 4. The van der Waals surface area contributed by atoms with Crippen LogP contribution in [0.3, 0.4) is 0 Å². The number of fused-ring (bicyclic) bond motifs is 1. The van der Waals surface area contributed by atoms with Crippen molar-refractivity contribution >= 4 is 10.9 Å². The van der Waals surface area contributed by atoms with Crippen molar-refractivity contribution < 1.29 is 4.74 Å². The van der Waals surface area contributed by atoms with Crippen LogP contribution < -0.4 is 4.74 Å². The Balaban J connectivity index is 1.56. The molecule has 100 valence electrons. The van der Waals surface area contributed by atoms with E-state index in [1.807, 2.05) is 30.5 Å². The Kier molecular flexibility index (Phi) is 3.89. The maximum Gasteiger partial charge on any atom is 0.316 e. The molecule has 0 radical (unpaired) electrons. The van der Waals surface area contributed by atoms with Crippen LogP contribution in [-0.4, -0.2) is 41.1 Å². The van der Waals surface area contributed by atoms with Crippen molar-refractivity contribution in [3.63, 3.8) is 0 Å². The Labute approximate surface area is 113 Å². The van der Waals surface area contributed by atoms with Gasteiger partial charge in [0.2, 0.25) is 0 Å². The normalized spacial score (nSPS) is 16.6. The minimum Gasteiger partial charge on any atom is -0.462 e. The van der Waals surface area contributed by atoms with Gasteiger partial charge in [0.05, 0.1) is 5.52 Å². The average molecular weight is 257 g/mol. The largest absolute Gasteiger partial charge is 0.462 e. The fraction of sp³-hybridized carbons (Fsp3) is 0.467. The highest BCUT2D eigenvalue weighted by Gasteiger charge is 2.09. The van der Waals surface area contributed by atoms with E-state index in [-0.39, 0.29) is 0 Å². The fourth-order valence-electron chi connectivity index (χ4n) is 2.47. The van der Waals surface area contributed by atoms with Gasteiger partial charge in [-0.05, 0) is 32.0 Å². The van der Waals surface area contributed by atoms with Gasteiger partial charge in [0.1, 0.15) is 6.61 Å². The molecule has 0 unspecified atom stereocenters. The molecule has 1 aliphatic rings. The van der Waals surface area contributed by atoms with Gasteiger partial charge in [0.25, 0.3) is 0 Å². The number of likely N-dealkylation sites (tertiary alicyclic amines) is 1. The maximum atomic E-state index is 5.65. The summed E-state index contributed by atoms with van der Waals surface area (Å²) in [4.78, 5) is 11.1. The summed E-state index contributed by atoms with van der Waals surface area (Å²) in [6, 6.07) is 8.44. The Morgan fingerprint density at radius 1 is 1.11 bits per heavy atom. The molecule has 1 fully saturated rings. The fourth-order valence-corrected chi connectivity index (χ4v) is 2.47. The highest BCUT2D eigenvalue weighted by molar-refractivity contribution is 5.77. The molecule has 2 aromatic rings. The zero-order valence-electron chi connectivity index (χ0n) is 11.1. The summed E-state index contributed by atoms with van der Waals surface area (Å²) in [6.45, 7) is 4.03. The molecule has 0 bridgehead atoms. The average Bonchev–Trinajstić information content (AvgIpc) is 2.48. The van der Waals surface area contributed by atoms with E-state index in [0.717, 1.165) is 17.4 Å². The third-order valence-electron chi connectivity index (χ3n) is 3.55. The van der Waals surface area contributed by atoms with Gasteiger partial charge < -0.3 is 4.74 Å². The minimum atomic E-state index is 0.482. The van der Waals surface area contributed by atoms with Gasteiger partial charge in [-0.25, -0.2) is 4.98 Å². The number of rotatable bonds is 4. The van der Waals surface area contributed by atoms with Crippen LogP contribution >= 0.6 is 0 Å². The lowest BCUT2D eigenvalue weighted by molar-refractivity contribution is 0.177. The van der Waals surface area contributed by atoms with Crippen molar-refractivity contribution in [1.29, 1.82) is 0 Å². The van der Waals surface area contributed by atoms with Gasteiger partial charge in [-0.1, -0.05) is 24.6 Å². The molecule has 4 heteroatoms. The van der Waals surface area contributed by atoms with Gasteiger partial charge in [-0.3, -0.25) is 4.90 Å². The van der Waals surface area contributed by atoms with Gasteiger partial charge in [-0.15, -0.1) is 0 Å². The van der Waals surface area contributed by atoms with Crippen molar-refractivity contribution in [3.05, 3.63) is 30.5 Å². The number of benzene rings is 1. The molecule has 0 amide bonds. The van der Waals surface area contributed by atoms with Crippen molar-refractivity contribution in [2.24, 2.45) is 0 Å². The molecule has 1 aliphatic heterocycles. The van der Waals surface area contributed by atoms with Gasteiger partial charge in [0.15, 0.2) is 0 Å². The predicted octanol–water partition coefficient (Wildman–Crippen LogP) is 2.49. The first-order valence-electron chi connectivity index (χ1n) is 6.99. The topological polar surface area (TPSA) is 38.2 Å². The monoisotopic (exact) mass is 257 g/mol. The van der Waals surface area contributed by atoms with E-state index >= 15 is 0 Å². The molecular weight excluding hydrogens is 238 g/mol. The molecule has 0 saturated carbocycles. The molecule has 1 aromatic heterocycles. The molecule has 4 nitrogen and oxygen atoms in total. The molecule has 1 saturated heterocycles. The summed E-state index contributed by atoms with van der Waals surface area (Å²) in [5, 5.41) is 1.05. The lowest BCUT2D eigenvalue weighted by atomic mass is 10.1. The number of hydrogen-bond donors (Lipinski definition) is 0. The lowest BCUT2D eigenvalue weighted by Gasteiger charge is -2.25. The van der Waals surface area contributed by atoms with Gasteiger partial charge >= 0.3 is 6.01 Å². The lowest BCUT2D eigenvalue weighted by Crippen LogP contribution is -2.33. The standard InChI is InChI=1S/C15H19N3O/c1-4-8-18(9-5-1)10-11-19-15-16-12-13-6-2-3-7-14(13)17-15/h2-3,6-7,12H,1,4-5,8-11H2. The summed E-state index contributed by atoms with van der Waals surface area (Å²) in [5.74, 6) is 0. The summed E-state index contributed by atoms with van der Waals surface area (Å²) in [5.41, 5.74) is 0.936. The first-order valence-corrected chi connectivity index (χ1v) is 6.99. The number of nitrogens with zero attached hydrogens (tertiary/aromatic N) is 3. The van der Waals surface area contributed by atoms with Crippen molar-refractivity contribution in [2.75, 3.05) is 26.2 Å². The van der Waals surface area contributed by atoms with Gasteiger partial charge in [-0.2, -0.15) is 4.98 Å². The second-order valence-electron chi connectivity index (χ2n) is 4.96. The molecule has 0 aliphatic carbocycles. The first-order chi connectivity index (χ1) is 9.42. The first kappa shape index (κ1) is 12.4. The van der Waals surface area contributed by atoms with Crippen LogP contribution in [0, 0.1) is 0 Å². The van der Waals surface area contributed by atoms with Crippen molar-refractivity contribution in [1.82, 2.24) is 14.9 Å². The number of aromatic nitrogens is 2. The van der Waals surface area contributed by atoms with Crippen molar-refractivity contribution in [2.45, 2.75) is 19.3 Å². The summed E-state index contributed by atoms with van der Waals surface area (Å²) >= 11 is 0. The quantitative estimate of drug-likeness (QED) is 0.843. The smallest absolute Gasteiger partial charge is 0.316 e. The zero-order chi connectivity index (χ0) is 12.9. The van der Waals surface area contributed by atoms with E-state index in [9.17, 15) is 0 Å². The Morgan fingerprint density at radius 3 is 2.84 bits per heavy atom. The van der Waals surface area contributed by atoms with E-state index in [0.29, 0.717) is 12.6 Å². The Morgan fingerprint density at radius 2 is 1.95 bits per heavy atom. The van der Waals surface area contributed by atoms with Crippen LogP contribution in [0.25, 0.3) is 10.9 Å². The predicted molar refractivity (Wildman–Crippen MR) is 75.3 cm³/mol. The SMILES string of the molecule is c1ccc2nc(OCCN3CCCCC3)ncc2c1. The number of piperidine rings is 1. The number of para-hydroxylation sites is 1. The van der Waals surface area contributed by atoms with Crippen LogP contribution in [0.4, 0.5) is 0 Å². The summed E-state index contributed by atoms with van der Waals surface area (Å²) in [6.07, 6.45) is 5.81. The van der Waals surface area contributed by atoms with Crippen LogP contribution in [0.15, 0.2) is 30.5 Å². The van der Waals surface area contributed by atoms with Crippen LogP contribution in [0.5, 0.6) is 6.01 Å². The van der Waals surface area contributed by atoms with Gasteiger partial charge in [0, 0.05) is 18.1 Å². The summed E-state index contributed by atoms with van der Waals surface area (Å²) in [7, 11) is 0.